The van der Waals surface area contributed by atoms with Gasteiger partial charge in [0.15, 0.2) is 0 Å². The fourth-order valence-electron chi connectivity index (χ4n) is 0.831. The van der Waals surface area contributed by atoms with Gasteiger partial charge in [-0.3, -0.25) is 0 Å². The molecule has 0 rings (SSSR count). The predicted molar refractivity (Wildman–Crippen MR) is 46.7 cm³/mol. The van der Waals surface area contributed by atoms with Crippen LogP contribution in [0.25, 0.3) is 0 Å². The molecule has 0 atom stereocenters. The van der Waals surface area contributed by atoms with Crippen molar-refractivity contribution in [2.75, 3.05) is 19.0 Å². The summed E-state index contributed by atoms with van der Waals surface area (Å²) >= 11 is 5.58. The minimum atomic E-state index is 0.301. The molecule has 62 valence electrons. The normalized spacial score (nSPS) is 10.9. The van der Waals surface area contributed by atoms with E-state index in [1.54, 1.807) is 6.19 Å². The van der Waals surface area contributed by atoms with Crippen LogP contribution in [0.15, 0.2) is 4.99 Å². The second kappa shape index (κ2) is 5.99. The largest absolute Gasteiger partial charge is 0.359 e. The van der Waals surface area contributed by atoms with E-state index in [9.17, 15) is 0 Å². The zero-order valence-electron chi connectivity index (χ0n) is 6.84. The third kappa shape index (κ3) is 3.24. The topological polar surface area (TPSA) is 39.4 Å². The van der Waals surface area contributed by atoms with Crippen LogP contribution < -0.4 is 0 Å². The van der Waals surface area contributed by atoms with Crippen LogP contribution in [0.5, 0.6) is 0 Å². The molecule has 0 aromatic carbocycles. The number of nitriles is 1. The highest BCUT2D eigenvalue weighted by atomic mass is 35.5. The van der Waals surface area contributed by atoms with E-state index in [2.05, 4.69) is 4.99 Å². The van der Waals surface area contributed by atoms with Crippen LogP contribution in [0.3, 0.4) is 0 Å². The first-order valence-corrected chi connectivity index (χ1v) is 4.10. The Bertz CT molecular complexity index is 167. The first kappa shape index (κ1) is 10.2. The van der Waals surface area contributed by atoms with E-state index in [4.69, 9.17) is 16.9 Å². The molecule has 0 saturated heterocycles. The third-order valence-corrected chi connectivity index (χ3v) is 1.67. The van der Waals surface area contributed by atoms with Crippen LogP contribution in [0.2, 0.25) is 0 Å². The molecule has 0 aromatic rings. The summed E-state index contributed by atoms with van der Waals surface area (Å²) in [5, 5.41) is 8.28. The van der Waals surface area contributed by atoms with Crippen LogP contribution in [0.4, 0.5) is 0 Å². The van der Waals surface area contributed by atoms with E-state index >= 15 is 0 Å². The fourth-order valence-corrected chi connectivity index (χ4v) is 1.06. The maximum absolute atomic E-state index is 8.28. The van der Waals surface area contributed by atoms with Gasteiger partial charge in [0.25, 0.3) is 0 Å². The second-order valence-electron chi connectivity index (χ2n) is 1.93. The molecule has 3 nitrogen and oxygen atoms in total. The summed E-state index contributed by atoms with van der Waals surface area (Å²) in [5.41, 5.74) is 0. The van der Waals surface area contributed by atoms with Gasteiger partial charge in [0.05, 0.1) is 5.88 Å². The number of aliphatic imine (C=N–C) groups is 1. The molecule has 0 amide bonds. The van der Waals surface area contributed by atoms with E-state index in [1.165, 1.54) is 0 Å². The fraction of sp³-hybridized carbons (Fsp3) is 0.714. The zero-order valence-corrected chi connectivity index (χ0v) is 7.60. The van der Waals surface area contributed by atoms with Gasteiger partial charge in [-0.2, -0.15) is 10.3 Å². The Morgan fingerprint density at radius 2 is 2.09 bits per heavy atom. The molecule has 0 spiro atoms. The molecule has 0 bridgehead atoms. The summed E-state index contributed by atoms with van der Waals surface area (Å²) in [5.74, 6) is 0.953. The van der Waals surface area contributed by atoms with Gasteiger partial charge in [0.2, 0.25) is 6.19 Å². The zero-order chi connectivity index (χ0) is 8.69. The van der Waals surface area contributed by atoms with E-state index in [0.717, 1.165) is 13.1 Å². The van der Waals surface area contributed by atoms with Gasteiger partial charge in [-0.15, -0.1) is 11.6 Å². The Morgan fingerprint density at radius 1 is 1.55 bits per heavy atom. The highest BCUT2D eigenvalue weighted by Crippen LogP contribution is 1.93. The van der Waals surface area contributed by atoms with Crippen LogP contribution in [0.1, 0.15) is 13.8 Å². The maximum atomic E-state index is 8.28. The maximum Gasteiger partial charge on any atom is 0.207 e. The average molecular weight is 174 g/mol. The summed E-state index contributed by atoms with van der Waals surface area (Å²) < 4.78 is 0. The number of hydrogen-bond donors (Lipinski definition) is 0. The van der Waals surface area contributed by atoms with E-state index < -0.39 is 0 Å². The molecular formula is C7H12ClN3. The van der Waals surface area contributed by atoms with Crippen molar-refractivity contribution >= 4 is 17.4 Å². The van der Waals surface area contributed by atoms with Gasteiger partial charge in [-0.25, -0.2) is 0 Å². The predicted octanol–water partition coefficient (Wildman–Crippen LogP) is 1.45. The molecular weight excluding hydrogens is 162 g/mol. The third-order valence-electron chi connectivity index (χ3n) is 1.43. The van der Waals surface area contributed by atoms with Crippen LogP contribution in [-0.4, -0.2) is 29.7 Å². The Balaban J connectivity index is 4.24. The van der Waals surface area contributed by atoms with Crippen molar-refractivity contribution in [1.82, 2.24) is 4.90 Å². The Hall–Kier alpha value is -0.750. The molecule has 0 saturated carbocycles. The number of alkyl halides is 1. The number of amidine groups is 1. The SMILES string of the molecule is CCN(CC)/C(CCl)=N/C#N. The molecule has 0 radical (unpaired) electrons. The van der Waals surface area contributed by atoms with Gasteiger partial charge in [-0.05, 0) is 13.8 Å². The molecule has 0 fully saturated rings. The summed E-state index contributed by atoms with van der Waals surface area (Å²) in [4.78, 5) is 5.56. The average Bonchev–Trinajstić information content (AvgIpc) is 2.05. The number of hydrogen-bond acceptors (Lipinski definition) is 2. The lowest BCUT2D eigenvalue weighted by Gasteiger charge is -2.19. The summed E-state index contributed by atoms with van der Waals surface area (Å²) in [6.07, 6.45) is 1.73. The van der Waals surface area contributed by atoms with Gasteiger partial charge in [-0.1, -0.05) is 0 Å². The van der Waals surface area contributed by atoms with Gasteiger partial charge < -0.3 is 4.90 Å². The van der Waals surface area contributed by atoms with E-state index in [0.29, 0.717) is 11.7 Å². The number of halogens is 1. The van der Waals surface area contributed by atoms with Crippen LogP contribution in [-0.2, 0) is 0 Å². The van der Waals surface area contributed by atoms with Crippen molar-refractivity contribution < 1.29 is 0 Å². The van der Waals surface area contributed by atoms with E-state index in [-0.39, 0.29) is 0 Å². The quantitative estimate of drug-likeness (QED) is 0.281. The number of nitrogens with zero attached hydrogens (tertiary/aromatic N) is 3. The summed E-state index contributed by atoms with van der Waals surface area (Å²) in [6.45, 7) is 5.68. The molecule has 0 aliphatic carbocycles. The molecule has 0 heterocycles. The van der Waals surface area contributed by atoms with Crippen molar-refractivity contribution in [3.8, 4) is 6.19 Å². The molecule has 4 heteroatoms. The van der Waals surface area contributed by atoms with Crippen molar-refractivity contribution in [1.29, 1.82) is 5.26 Å². The molecule has 0 aliphatic rings. The lowest BCUT2D eigenvalue weighted by Crippen LogP contribution is -2.31. The minimum Gasteiger partial charge on any atom is -0.359 e. The van der Waals surface area contributed by atoms with Crippen molar-refractivity contribution in [2.24, 2.45) is 4.99 Å². The molecule has 0 unspecified atom stereocenters. The first-order chi connectivity index (χ1) is 5.29. The van der Waals surface area contributed by atoms with Gasteiger partial charge in [0.1, 0.15) is 5.84 Å². The standard InChI is InChI=1S/C7H12ClN3/c1-3-11(4-2)7(5-8)10-6-9/h3-5H2,1-2H3/b10-7+. The molecule has 11 heavy (non-hydrogen) atoms. The van der Waals surface area contributed by atoms with E-state index in [1.807, 2.05) is 18.7 Å². The minimum absolute atomic E-state index is 0.301. The Morgan fingerprint density at radius 3 is 2.36 bits per heavy atom. The monoisotopic (exact) mass is 173 g/mol. The molecule has 0 aromatic heterocycles. The van der Waals surface area contributed by atoms with Gasteiger partial charge >= 0.3 is 0 Å². The molecule has 0 aliphatic heterocycles. The number of rotatable bonds is 3. The molecule has 0 N–H and O–H groups in total. The lowest BCUT2D eigenvalue weighted by molar-refractivity contribution is 0.464. The smallest absolute Gasteiger partial charge is 0.207 e. The Labute approximate surface area is 72.3 Å². The van der Waals surface area contributed by atoms with Crippen molar-refractivity contribution in [3.05, 3.63) is 0 Å². The lowest BCUT2D eigenvalue weighted by atomic mass is 10.5. The van der Waals surface area contributed by atoms with Gasteiger partial charge in [0, 0.05) is 13.1 Å². The van der Waals surface area contributed by atoms with Crippen LogP contribution in [0, 0.1) is 11.5 Å². The highest BCUT2D eigenvalue weighted by Gasteiger charge is 2.04. The van der Waals surface area contributed by atoms with Crippen LogP contribution >= 0.6 is 11.6 Å². The second-order valence-corrected chi connectivity index (χ2v) is 2.20. The summed E-state index contributed by atoms with van der Waals surface area (Å²) in [7, 11) is 0. The summed E-state index contributed by atoms with van der Waals surface area (Å²) in [6, 6.07) is 0. The van der Waals surface area contributed by atoms with Crippen molar-refractivity contribution in [2.45, 2.75) is 13.8 Å². The highest BCUT2D eigenvalue weighted by molar-refractivity contribution is 6.28. The first-order valence-electron chi connectivity index (χ1n) is 3.56. The Kier molecular flexibility index (Phi) is 5.58. The van der Waals surface area contributed by atoms with Crippen molar-refractivity contribution in [3.63, 3.8) is 0 Å².